The first-order valence-electron chi connectivity index (χ1n) is 6.50. The number of anilines is 2. The summed E-state index contributed by atoms with van der Waals surface area (Å²) in [5.41, 5.74) is 7.79. The minimum Gasteiger partial charge on any atom is -0.398 e. The van der Waals surface area contributed by atoms with Crippen molar-refractivity contribution in [1.29, 1.82) is 0 Å². The predicted molar refractivity (Wildman–Crippen MR) is 89.9 cm³/mol. The van der Waals surface area contributed by atoms with E-state index in [1.54, 1.807) is 31.2 Å². The van der Waals surface area contributed by atoms with Crippen LogP contribution in [0.3, 0.4) is 0 Å². The van der Waals surface area contributed by atoms with Gasteiger partial charge in [0.1, 0.15) is 4.90 Å². The fourth-order valence-electron chi connectivity index (χ4n) is 2.05. The fraction of sp³-hybridized carbons (Fsp3) is 0.200. The van der Waals surface area contributed by atoms with Crippen LogP contribution in [0, 0.1) is 6.92 Å². The van der Waals surface area contributed by atoms with Crippen molar-refractivity contribution in [2.45, 2.75) is 18.7 Å². The number of rotatable bonds is 4. The van der Waals surface area contributed by atoms with Gasteiger partial charge in [-0.1, -0.05) is 33.6 Å². The number of sulfonamides is 1. The summed E-state index contributed by atoms with van der Waals surface area (Å²) < 4.78 is 27.7. The molecule has 0 aliphatic carbocycles. The maximum atomic E-state index is 12.8. The van der Waals surface area contributed by atoms with E-state index in [-0.39, 0.29) is 10.6 Å². The van der Waals surface area contributed by atoms with Gasteiger partial charge in [-0.3, -0.25) is 4.31 Å². The molecule has 0 fully saturated rings. The number of benzene rings is 2. The molecule has 2 N–H and O–H groups in total. The first-order chi connectivity index (χ1) is 9.86. The van der Waals surface area contributed by atoms with Crippen LogP contribution in [-0.4, -0.2) is 15.0 Å². The zero-order valence-corrected chi connectivity index (χ0v) is 14.3. The second-order valence-corrected chi connectivity index (χ2v) is 7.43. The SMILES string of the molecule is CCN(c1ccc(C)cc1)S(=O)(=O)c1cc(Br)ccc1N. The Morgan fingerprint density at radius 1 is 1.14 bits per heavy atom. The van der Waals surface area contributed by atoms with E-state index >= 15 is 0 Å². The summed E-state index contributed by atoms with van der Waals surface area (Å²) in [6, 6.07) is 12.2. The summed E-state index contributed by atoms with van der Waals surface area (Å²) in [5, 5.41) is 0. The summed E-state index contributed by atoms with van der Waals surface area (Å²) >= 11 is 3.29. The zero-order chi connectivity index (χ0) is 15.6. The number of hydrogen-bond donors (Lipinski definition) is 1. The lowest BCUT2D eigenvalue weighted by Gasteiger charge is -2.24. The summed E-state index contributed by atoms with van der Waals surface area (Å²) in [4.78, 5) is 0.110. The van der Waals surface area contributed by atoms with E-state index in [4.69, 9.17) is 5.73 Å². The molecule has 4 nitrogen and oxygen atoms in total. The van der Waals surface area contributed by atoms with Gasteiger partial charge in [0, 0.05) is 11.0 Å². The summed E-state index contributed by atoms with van der Waals surface area (Å²) in [6.07, 6.45) is 0. The highest BCUT2D eigenvalue weighted by Crippen LogP contribution is 2.29. The standard InChI is InChI=1S/C15H17BrN2O2S/c1-3-18(13-7-4-11(2)5-8-13)21(19,20)15-10-12(16)6-9-14(15)17/h4-10H,3,17H2,1-2H3. The lowest BCUT2D eigenvalue weighted by Crippen LogP contribution is -2.31. The van der Waals surface area contributed by atoms with Gasteiger partial charge in [-0.2, -0.15) is 0 Å². The first-order valence-corrected chi connectivity index (χ1v) is 8.74. The van der Waals surface area contributed by atoms with Crippen molar-refractivity contribution in [2.75, 3.05) is 16.6 Å². The van der Waals surface area contributed by atoms with Gasteiger partial charge in [0.05, 0.1) is 11.4 Å². The number of aryl methyl sites for hydroxylation is 1. The highest BCUT2D eigenvalue weighted by atomic mass is 79.9. The van der Waals surface area contributed by atoms with Crippen molar-refractivity contribution in [3.63, 3.8) is 0 Å². The third-order valence-electron chi connectivity index (χ3n) is 3.15. The number of halogens is 1. The van der Waals surface area contributed by atoms with Gasteiger partial charge < -0.3 is 5.73 Å². The van der Waals surface area contributed by atoms with Crippen LogP contribution in [0.5, 0.6) is 0 Å². The van der Waals surface area contributed by atoms with Gasteiger partial charge in [-0.05, 0) is 44.2 Å². The van der Waals surface area contributed by atoms with Gasteiger partial charge in [0.2, 0.25) is 0 Å². The Morgan fingerprint density at radius 2 is 1.76 bits per heavy atom. The maximum absolute atomic E-state index is 12.8. The molecular formula is C15H17BrN2O2S. The molecule has 2 aromatic rings. The summed E-state index contributed by atoms with van der Waals surface area (Å²) in [5.74, 6) is 0. The minimum atomic E-state index is -3.69. The third-order valence-corrected chi connectivity index (χ3v) is 5.60. The van der Waals surface area contributed by atoms with E-state index in [0.29, 0.717) is 16.7 Å². The van der Waals surface area contributed by atoms with Crippen molar-refractivity contribution in [1.82, 2.24) is 0 Å². The van der Waals surface area contributed by atoms with Gasteiger partial charge in [0.15, 0.2) is 0 Å². The van der Waals surface area contributed by atoms with Gasteiger partial charge in [-0.15, -0.1) is 0 Å². The van der Waals surface area contributed by atoms with Crippen LogP contribution in [-0.2, 0) is 10.0 Å². The molecule has 2 rings (SSSR count). The average Bonchev–Trinajstić information content (AvgIpc) is 2.44. The molecule has 0 amide bonds. The van der Waals surface area contributed by atoms with Crippen LogP contribution in [0.15, 0.2) is 51.8 Å². The summed E-state index contributed by atoms with van der Waals surface area (Å²) in [7, 11) is -3.69. The Hall–Kier alpha value is -1.53. The van der Waals surface area contributed by atoms with E-state index < -0.39 is 10.0 Å². The molecule has 0 saturated heterocycles. The Morgan fingerprint density at radius 3 is 2.33 bits per heavy atom. The van der Waals surface area contributed by atoms with Crippen LogP contribution in [0.1, 0.15) is 12.5 Å². The van der Waals surface area contributed by atoms with Gasteiger partial charge in [-0.25, -0.2) is 8.42 Å². The van der Waals surface area contributed by atoms with Crippen molar-refractivity contribution < 1.29 is 8.42 Å². The van der Waals surface area contributed by atoms with E-state index in [9.17, 15) is 8.42 Å². The zero-order valence-electron chi connectivity index (χ0n) is 11.9. The van der Waals surface area contributed by atoms with Crippen molar-refractivity contribution in [2.24, 2.45) is 0 Å². The van der Waals surface area contributed by atoms with Crippen LogP contribution in [0.4, 0.5) is 11.4 Å². The fourth-order valence-corrected chi connectivity index (χ4v) is 4.18. The van der Waals surface area contributed by atoms with E-state index in [2.05, 4.69) is 15.9 Å². The molecule has 0 aliphatic rings. The number of nitrogens with two attached hydrogens (primary N) is 1. The predicted octanol–water partition coefficient (Wildman–Crippen LogP) is 3.55. The summed E-state index contributed by atoms with van der Waals surface area (Å²) in [6.45, 7) is 4.09. The van der Waals surface area contributed by atoms with Crippen LogP contribution in [0.2, 0.25) is 0 Å². The van der Waals surface area contributed by atoms with Crippen molar-refractivity contribution in [3.05, 3.63) is 52.5 Å². The lowest BCUT2D eigenvalue weighted by atomic mass is 10.2. The lowest BCUT2D eigenvalue weighted by molar-refractivity contribution is 0.592. The number of nitrogens with zero attached hydrogens (tertiary/aromatic N) is 1. The molecule has 0 bridgehead atoms. The molecule has 2 aromatic carbocycles. The topological polar surface area (TPSA) is 63.4 Å². The smallest absolute Gasteiger partial charge is 0.266 e. The minimum absolute atomic E-state index is 0.110. The molecule has 0 saturated carbocycles. The molecule has 21 heavy (non-hydrogen) atoms. The number of nitrogen functional groups attached to an aromatic ring is 1. The molecule has 6 heteroatoms. The molecule has 0 spiro atoms. The second kappa shape index (κ2) is 6.07. The molecule has 0 aliphatic heterocycles. The Bertz CT molecular complexity index is 743. The van der Waals surface area contributed by atoms with E-state index in [1.165, 1.54) is 10.4 Å². The molecule has 0 aromatic heterocycles. The average molecular weight is 369 g/mol. The van der Waals surface area contributed by atoms with Crippen molar-refractivity contribution in [3.8, 4) is 0 Å². The van der Waals surface area contributed by atoms with Crippen molar-refractivity contribution >= 4 is 37.3 Å². The first kappa shape index (κ1) is 15.9. The number of hydrogen-bond acceptors (Lipinski definition) is 3. The third kappa shape index (κ3) is 3.22. The normalized spacial score (nSPS) is 11.4. The Kier molecular flexibility index (Phi) is 4.58. The maximum Gasteiger partial charge on any atom is 0.266 e. The van der Waals surface area contributed by atoms with Gasteiger partial charge in [0.25, 0.3) is 10.0 Å². The van der Waals surface area contributed by atoms with Crippen LogP contribution >= 0.6 is 15.9 Å². The highest BCUT2D eigenvalue weighted by molar-refractivity contribution is 9.10. The molecule has 0 unspecified atom stereocenters. The van der Waals surface area contributed by atoms with Gasteiger partial charge >= 0.3 is 0 Å². The molecule has 0 atom stereocenters. The monoisotopic (exact) mass is 368 g/mol. The molecule has 0 radical (unpaired) electrons. The largest absolute Gasteiger partial charge is 0.398 e. The molecule has 112 valence electrons. The van der Waals surface area contributed by atoms with Crippen LogP contribution < -0.4 is 10.0 Å². The highest BCUT2D eigenvalue weighted by Gasteiger charge is 2.25. The van der Waals surface area contributed by atoms with E-state index in [0.717, 1.165) is 5.56 Å². The molecular weight excluding hydrogens is 352 g/mol. The quantitative estimate of drug-likeness (QED) is 0.839. The molecule has 0 heterocycles. The Labute approximate surface area is 133 Å². The van der Waals surface area contributed by atoms with E-state index in [1.807, 2.05) is 19.1 Å². The second-order valence-electron chi connectivity index (χ2n) is 4.69. The Balaban J connectivity index is 2.54. The van der Waals surface area contributed by atoms with Crippen LogP contribution in [0.25, 0.3) is 0 Å².